The van der Waals surface area contributed by atoms with Crippen molar-refractivity contribution in [2.24, 2.45) is 5.92 Å². The molecule has 1 atom stereocenters. The van der Waals surface area contributed by atoms with Gasteiger partial charge in [0.2, 0.25) is 0 Å². The van der Waals surface area contributed by atoms with Gasteiger partial charge in [-0.15, -0.1) is 0 Å². The Morgan fingerprint density at radius 2 is 1.94 bits per heavy atom. The standard InChI is InChI=1S/C14H30N2/c1-12(2)11-16-9-7-6-8-13(16)10-15-14(3,4)5/h12-13,15H,6-11H2,1-5H3. The number of rotatable bonds is 4. The Morgan fingerprint density at radius 3 is 2.50 bits per heavy atom. The Hall–Kier alpha value is -0.0800. The van der Waals surface area contributed by atoms with E-state index in [1.54, 1.807) is 0 Å². The molecule has 0 aromatic rings. The fourth-order valence-corrected chi connectivity index (χ4v) is 2.42. The Bertz CT molecular complexity index is 193. The Kier molecular flexibility index (Phi) is 5.26. The minimum absolute atomic E-state index is 0.251. The number of hydrogen-bond acceptors (Lipinski definition) is 2. The van der Waals surface area contributed by atoms with Crippen molar-refractivity contribution in [1.29, 1.82) is 0 Å². The molecule has 1 N–H and O–H groups in total. The van der Waals surface area contributed by atoms with Crippen LogP contribution in [0, 0.1) is 5.92 Å². The molecule has 0 saturated carbocycles. The van der Waals surface area contributed by atoms with Crippen molar-refractivity contribution in [1.82, 2.24) is 10.2 Å². The maximum Gasteiger partial charge on any atom is 0.0220 e. The van der Waals surface area contributed by atoms with Gasteiger partial charge >= 0.3 is 0 Å². The molecular formula is C14H30N2. The highest BCUT2D eigenvalue weighted by molar-refractivity contribution is 4.82. The summed E-state index contributed by atoms with van der Waals surface area (Å²) in [5.41, 5.74) is 0.251. The topological polar surface area (TPSA) is 15.3 Å². The van der Waals surface area contributed by atoms with Crippen molar-refractivity contribution in [3.05, 3.63) is 0 Å². The molecule has 1 saturated heterocycles. The summed E-state index contributed by atoms with van der Waals surface area (Å²) in [5, 5.41) is 3.65. The lowest BCUT2D eigenvalue weighted by Gasteiger charge is -2.38. The summed E-state index contributed by atoms with van der Waals surface area (Å²) in [6, 6.07) is 0.760. The highest BCUT2D eigenvalue weighted by atomic mass is 15.2. The summed E-state index contributed by atoms with van der Waals surface area (Å²) in [4.78, 5) is 2.69. The number of likely N-dealkylation sites (tertiary alicyclic amines) is 1. The van der Waals surface area contributed by atoms with Gasteiger partial charge in [0.1, 0.15) is 0 Å². The normalized spacial score (nSPS) is 24.0. The van der Waals surface area contributed by atoms with Gasteiger partial charge in [0.25, 0.3) is 0 Å². The van der Waals surface area contributed by atoms with E-state index in [1.807, 2.05) is 0 Å². The highest BCUT2D eigenvalue weighted by Gasteiger charge is 2.23. The fraction of sp³-hybridized carbons (Fsp3) is 1.00. The van der Waals surface area contributed by atoms with E-state index in [9.17, 15) is 0 Å². The molecule has 0 spiro atoms. The molecule has 0 aliphatic carbocycles. The summed E-state index contributed by atoms with van der Waals surface area (Å²) in [7, 11) is 0. The predicted molar refractivity (Wildman–Crippen MR) is 71.8 cm³/mol. The van der Waals surface area contributed by atoms with E-state index in [0.717, 1.165) is 18.5 Å². The molecule has 1 rings (SSSR count). The molecule has 1 unspecified atom stereocenters. The van der Waals surface area contributed by atoms with E-state index in [2.05, 4.69) is 44.8 Å². The van der Waals surface area contributed by atoms with Crippen LogP contribution >= 0.6 is 0 Å². The molecule has 2 heteroatoms. The quantitative estimate of drug-likeness (QED) is 0.793. The second-order valence-electron chi connectivity index (χ2n) is 6.67. The molecule has 0 aromatic carbocycles. The lowest BCUT2D eigenvalue weighted by Crippen LogP contribution is -2.50. The average Bonchev–Trinajstić information content (AvgIpc) is 2.14. The van der Waals surface area contributed by atoms with Gasteiger partial charge in [0.15, 0.2) is 0 Å². The number of nitrogens with zero attached hydrogens (tertiary/aromatic N) is 1. The molecule has 96 valence electrons. The summed E-state index contributed by atoms with van der Waals surface area (Å²) in [6.07, 6.45) is 4.17. The third-order valence-corrected chi connectivity index (χ3v) is 3.22. The van der Waals surface area contributed by atoms with E-state index in [0.29, 0.717) is 0 Å². The van der Waals surface area contributed by atoms with Gasteiger partial charge < -0.3 is 5.32 Å². The van der Waals surface area contributed by atoms with Crippen LogP contribution in [0.4, 0.5) is 0 Å². The smallest absolute Gasteiger partial charge is 0.0220 e. The minimum atomic E-state index is 0.251. The first-order chi connectivity index (χ1) is 7.38. The maximum atomic E-state index is 3.65. The van der Waals surface area contributed by atoms with Gasteiger partial charge in [-0.1, -0.05) is 20.3 Å². The van der Waals surface area contributed by atoms with Crippen LogP contribution in [-0.4, -0.2) is 36.1 Å². The Labute approximate surface area is 102 Å². The first kappa shape index (κ1) is 14.0. The van der Waals surface area contributed by atoms with Crippen LogP contribution in [0.2, 0.25) is 0 Å². The summed E-state index contributed by atoms with van der Waals surface area (Å²) < 4.78 is 0. The lowest BCUT2D eigenvalue weighted by molar-refractivity contribution is 0.124. The SMILES string of the molecule is CC(C)CN1CCCCC1CNC(C)(C)C. The van der Waals surface area contributed by atoms with Crippen molar-refractivity contribution in [3.63, 3.8) is 0 Å². The monoisotopic (exact) mass is 226 g/mol. The molecule has 1 aliphatic heterocycles. The van der Waals surface area contributed by atoms with Crippen LogP contribution in [0.25, 0.3) is 0 Å². The third kappa shape index (κ3) is 5.31. The molecule has 0 radical (unpaired) electrons. The lowest BCUT2D eigenvalue weighted by atomic mass is 9.99. The number of hydrogen-bond donors (Lipinski definition) is 1. The Morgan fingerprint density at radius 1 is 1.25 bits per heavy atom. The summed E-state index contributed by atoms with van der Waals surface area (Å²) in [6.45, 7) is 15.1. The van der Waals surface area contributed by atoms with Gasteiger partial charge in [-0.25, -0.2) is 0 Å². The first-order valence-electron chi connectivity index (χ1n) is 6.87. The van der Waals surface area contributed by atoms with Gasteiger partial charge in [-0.2, -0.15) is 0 Å². The van der Waals surface area contributed by atoms with Crippen LogP contribution in [-0.2, 0) is 0 Å². The zero-order valence-corrected chi connectivity index (χ0v) is 11.8. The predicted octanol–water partition coefficient (Wildman–Crippen LogP) is 2.89. The van der Waals surface area contributed by atoms with Crippen molar-refractivity contribution < 1.29 is 0 Å². The van der Waals surface area contributed by atoms with Crippen LogP contribution < -0.4 is 5.32 Å². The van der Waals surface area contributed by atoms with Crippen molar-refractivity contribution in [3.8, 4) is 0 Å². The molecule has 2 nitrogen and oxygen atoms in total. The van der Waals surface area contributed by atoms with E-state index in [1.165, 1.54) is 32.4 Å². The van der Waals surface area contributed by atoms with E-state index < -0.39 is 0 Å². The highest BCUT2D eigenvalue weighted by Crippen LogP contribution is 2.18. The van der Waals surface area contributed by atoms with Gasteiger partial charge in [-0.05, 0) is 46.1 Å². The summed E-state index contributed by atoms with van der Waals surface area (Å²) in [5.74, 6) is 0.787. The third-order valence-electron chi connectivity index (χ3n) is 3.22. The number of nitrogens with one attached hydrogen (secondary N) is 1. The zero-order valence-electron chi connectivity index (χ0n) is 11.8. The van der Waals surface area contributed by atoms with Crippen LogP contribution in [0.15, 0.2) is 0 Å². The van der Waals surface area contributed by atoms with Crippen molar-refractivity contribution in [2.75, 3.05) is 19.6 Å². The molecule has 1 fully saturated rings. The first-order valence-corrected chi connectivity index (χ1v) is 6.87. The molecule has 0 bridgehead atoms. The molecule has 0 aromatic heterocycles. The van der Waals surface area contributed by atoms with Crippen LogP contribution in [0.1, 0.15) is 53.9 Å². The molecule has 16 heavy (non-hydrogen) atoms. The minimum Gasteiger partial charge on any atom is -0.311 e. The molecule has 1 aliphatic rings. The van der Waals surface area contributed by atoms with E-state index in [-0.39, 0.29) is 5.54 Å². The zero-order chi connectivity index (χ0) is 12.2. The van der Waals surface area contributed by atoms with Crippen molar-refractivity contribution in [2.45, 2.75) is 65.5 Å². The molecular weight excluding hydrogens is 196 g/mol. The second-order valence-corrected chi connectivity index (χ2v) is 6.67. The second kappa shape index (κ2) is 6.02. The van der Waals surface area contributed by atoms with E-state index in [4.69, 9.17) is 0 Å². The van der Waals surface area contributed by atoms with Crippen LogP contribution in [0.3, 0.4) is 0 Å². The van der Waals surface area contributed by atoms with Crippen molar-refractivity contribution >= 4 is 0 Å². The van der Waals surface area contributed by atoms with E-state index >= 15 is 0 Å². The fourth-order valence-electron chi connectivity index (χ4n) is 2.42. The molecule has 1 heterocycles. The van der Waals surface area contributed by atoms with Crippen LogP contribution in [0.5, 0.6) is 0 Å². The van der Waals surface area contributed by atoms with Gasteiger partial charge in [0, 0.05) is 24.7 Å². The average molecular weight is 226 g/mol. The Balaban J connectivity index is 2.41. The maximum absolute atomic E-state index is 3.65. The largest absolute Gasteiger partial charge is 0.311 e. The molecule has 0 amide bonds. The van der Waals surface area contributed by atoms with Gasteiger partial charge in [-0.3, -0.25) is 4.90 Å². The summed E-state index contributed by atoms with van der Waals surface area (Å²) >= 11 is 0. The van der Waals surface area contributed by atoms with Gasteiger partial charge in [0.05, 0.1) is 0 Å². The number of piperidine rings is 1.